The predicted octanol–water partition coefficient (Wildman–Crippen LogP) is 2.81. The molecule has 0 atom stereocenters. The molecule has 1 aliphatic rings. The van der Waals surface area contributed by atoms with Crippen LogP contribution < -0.4 is 9.64 Å². The van der Waals surface area contributed by atoms with E-state index in [1.807, 2.05) is 13.0 Å². The third-order valence-corrected chi connectivity index (χ3v) is 6.49. The van der Waals surface area contributed by atoms with Gasteiger partial charge >= 0.3 is 0 Å². The van der Waals surface area contributed by atoms with Crippen LogP contribution in [0.25, 0.3) is 12.2 Å². The number of benzene rings is 1. The number of sulfonamides is 1. The van der Waals surface area contributed by atoms with Crippen molar-refractivity contribution in [3.05, 3.63) is 41.3 Å². The van der Waals surface area contributed by atoms with Crippen LogP contribution in [-0.4, -0.2) is 57.0 Å². The molecule has 7 nitrogen and oxygen atoms in total. The first-order valence-electron chi connectivity index (χ1n) is 9.20. The summed E-state index contributed by atoms with van der Waals surface area (Å²) in [6, 6.07) is 6.79. The van der Waals surface area contributed by atoms with Crippen LogP contribution in [0, 0.1) is 6.92 Å². The largest absolute Gasteiger partial charge is 0.496 e. The average Bonchev–Trinajstić information content (AvgIpc) is 3.20. The molecule has 1 aromatic carbocycles. The number of aromatic nitrogens is 2. The normalized spacial score (nSPS) is 15.0. The number of aryl methyl sites for hydroxylation is 1. The number of ether oxygens (including phenoxy) is 1. The fourth-order valence-corrected chi connectivity index (χ4v) is 4.07. The fraction of sp³-hybridized carbons (Fsp3) is 0.400. The SMILES string of the molecule is COc1ccc(S(=O)(=O)N(C)C)cc1C=Cc1nc(C)cc(N2CCCC2)n1. The van der Waals surface area contributed by atoms with Gasteiger partial charge in [0.1, 0.15) is 11.6 Å². The maximum absolute atomic E-state index is 12.4. The minimum absolute atomic E-state index is 0.209. The summed E-state index contributed by atoms with van der Waals surface area (Å²) in [5.41, 5.74) is 1.55. The lowest BCUT2D eigenvalue weighted by molar-refractivity contribution is 0.413. The molecule has 0 spiro atoms. The molecule has 2 heterocycles. The van der Waals surface area contributed by atoms with Crippen LogP contribution in [0.15, 0.2) is 29.2 Å². The molecule has 0 unspecified atom stereocenters. The van der Waals surface area contributed by atoms with Crippen molar-refractivity contribution >= 4 is 28.0 Å². The first kappa shape index (κ1) is 20.3. The van der Waals surface area contributed by atoms with Gasteiger partial charge in [0.2, 0.25) is 10.0 Å². The molecule has 3 rings (SSSR count). The molecule has 28 heavy (non-hydrogen) atoms. The first-order chi connectivity index (χ1) is 13.3. The summed E-state index contributed by atoms with van der Waals surface area (Å²) < 4.78 is 31.4. The summed E-state index contributed by atoms with van der Waals surface area (Å²) in [6.07, 6.45) is 5.93. The summed E-state index contributed by atoms with van der Waals surface area (Å²) in [4.78, 5) is 11.6. The quantitative estimate of drug-likeness (QED) is 0.740. The summed E-state index contributed by atoms with van der Waals surface area (Å²) in [5.74, 6) is 2.10. The van der Waals surface area contributed by atoms with Crippen LogP contribution in [0.2, 0.25) is 0 Å². The Morgan fingerprint density at radius 2 is 1.82 bits per heavy atom. The van der Waals surface area contributed by atoms with Crippen molar-refractivity contribution in [1.82, 2.24) is 14.3 Å². The molecular formula is C20H26N4O3S. The zero-order chi connectivity index (χ0) is 20.3. The molecule has 1 aliphatic heterocycles. The highest BCUT2D eigenvalue weighted by molar-refractivity contribution is 7.89. The lowest BCUT2D eigenvalue weighted by Crippen LogP contribution is -2.22. The number of nitrogens with zero attached hydrogens (tertiary/aromatic N) is 4. The van der Waals surface area contributed by atoms with Gasteiger partial charge in [-0.3, -0.25) is 0 Å². The Morgan fingerprint density at radius 3 is 2.46 bits per heavy atom. The molecular weight excluding hydrogens is 376 g/mol. The van der Waals surface area contributed by atoms with E-state index < -0.39 is 10.0 Å². The van der Waals surface area contributed by atoms with Crippen LogP contribution in [0.1, 0.15) is 29.9 Å². The number of rotatable bonds is 6. The van der Waals surface area contributed by atoms with Gasteiger partial charge in [-0.25, -0.2) is 22.7 Å². The second kappa shape index (κ2) is 8.28. The Kier molecular flexibility index (Phi) is 6.00. The number of hydrogen-bond donors (Lipinski definition) is 0. The van der Waals surface area contributed by atoms with Crippen molar-refractivity contribution in [1.29, 1.82) is 0 Å². The van der Waals surface area contributed by atoms with E-state index in [0.717, 1.165) is 24.6 Å². The summed E-state index contributed by atoms with van der Waals surface area (Å²) in [6.45, 7) is 3.97. The van der Waals surface area contributed by atoms with Gasteiger partial charge in [0.25, 0.3) is 0 Å². The first-order valence-corrected chi connectivity index (χ1v) is 10.6. The van der Waals surface area contributed by atoms with Gasteiger partial charge in [0.15, 0.2) is 5.82 Å². The Hall–Kier alpha value is -2.45. The zero-order valence-corrected chi connectivity index (χ0v) is 17.5. The molecule has 1 aromatic heterocycles. The average molecular weight is 403 g/mol. The maximum Gasteiger partial charge on any atom is 0.242 e. The van der Waals surface area contributed by atoms with Gasteiger partial charge in [0.05, 0.1) is 12.0 Å². The minimum atomic E-state index is -3.53. The smallest absolute Gasteiger partial charge is 0.242 e. The highest BCUT2D eigenvalue weighted by Gasteiger charge is 2.18. The van der Waals surface area contributed by atoms with Crippen LogP contribution in [-0.2, 0) is 10.0 Å². The van der Waals surface area contributed by atoms with Crippen LogP contribution in [0.3, 0.4) is 0 Å². The number of hydrogen-bond acceptors (Lipinski definition) is 6. The zero-order valence-electron chi connectivity index (χ0n) is 16.7. The third-order valence-electron chi connectivity index (χ3n) is 4.68. The predicted molar refractivity (Wildman–Crippen MR) is 111 cm³/mol. The number of anilines is 1. The third kappa shape index (κ3) is 4.34. The van der Waals surface area contributed by atoms with Crippen molar-refractivity contribution in [3.8, 4) is 5.75 Å². The minimum Gasteiger partial charge on any atom is -0.496 e. The summed E-state index contributed by atoms with van der Waals surface area (Å²) >= 11 is 0. The standard InChI is InChI=1S/C20H26N4O3S/c1-15-13-20(24-11-5-6-12-24)22-19(21-15)10-7-16-14-17(8-9-18(16)27-4)28(25,26)23(2)3/h7-10,13-14H,5-6,11-12H2,1-4H3. The highest BCUT2D eigenvalue weighted by Crippen LogP contribution is 2.26. The van der Waals surface area contributed by atoms with Gasteiger partial charge in [-0.1, -0.05) is 0 Å². The molecule has 0 radical (unpaired) electrons. The molecule has 8 heteroatoms. The Bertz CT molecular complexity index is 981. The van der Waals surface area contributed by atoms with E-state index in [9.17, 15) is 8.42 Å². The Balaban J connectivity index is 1.95. The monoisotopic (exact) mass is 402 g/mol. The van der Waals surface area contributed by atoms with Crippen molar-refractivity contribution < 1.29 is 13.2 Å². The lowest BCUT2D eigenvalue weighted by atomic mass is 10.2. The summed E-state index contributed by atoms with van der Waals surface area (Å²) in [5, 5.41) is 0. The van der Waals surface area contributed by atoms with E-state index in [1.54, 1.807) is 37.5 Å². The molecule has 150 valence electrons. The van der Waals surface area contributed by atoms with Crippen LogP contribution >= 0.6 is 0 Å². The van der Waals surface area contributed by atoms with Crippen LogP contribution in [0.4, 0.5) is 5.82 Å². The Labute approximate surface area is 166 Å². The van der Waals surface area contributed by atoms with E-state index in [1.165, 1.54) is 31.2 Å². The molecule has 1 fully saturated rings. The van der Waals surface area contributed by atoms with Crippen molar-refractivity contribution in [2.45, 2.75) is 24.7 Å². The van der Waals surface area contributed by atoms with E-state index in [0.29, 0.717) is 17.1 Å². The van der Waals surface area contributed by atoms with E-state index in [-0.39, 0.29) is 4.90 Å². The van der Waals surface area contributed by atoms with Gasteiger partial charge in [-0.15, -0.1) is 0 Å². The van der Waals surface area contributed by atoms with Gasteiger partial charge < -0.3 is 9.64 Å². The molecule has 0 bridgehead atoms. The number of methoxy groups -OCH3 is 1. The molecule has 0 saturated carbocycles. The fourth-order valence-electron chi connectivity index (χ4n) is 3.14. The second-order valence-electron chi connectivity index (χ2n) is 6.94. The lowest BCUT2D eigenvalue weighted by Gasteiger charge is -2.16. The van der Waals surface area contributed by atoms with Gasteiger partial charge in [-0.2, -0.15) is 0 Å². The van der Waals surface area contributed by atoms with Gasteiger partial charge in [-0.05, 0) is 50.1 Å². The molecule has 2 aromatic rings. The topological polar surface area (TPSA) is 75.6 Å². The molecule has 0 amide bonds. The highest BCUT2D eigenvalue weighted by atomic mass is 32.2. The van der Waals surface area contributed by atoms with Crippen molar-refractivity contribution in [3.63, 3.8) is 0 Å². The van der Waals surface area contributed by atoms with E-state index in [4.69, 9.17) is 4.74 Å². The molecule has 0 N–H and O–H groups in total. The van der Waals surface area contributed by atoms with Crippen molar-refractivity contribution in [2.75, 3.05) is 39.2 Å². The second-order valence-corrected chi connectivity index (χ2v) is 9.10. The molecule has 1 saturated heterocycles. The van der Waals surface area contributed by atoms with E-state index in [2.05, 4.69) is 14.9 Å². The van der Waals surface area contributed by atoms with Crippen LogP contribution in [0.5, 0.6) is 5.75 Å². The molecule has 0 aliphatic carbocycles. The van der Waals surface area contributed by atoms with Crippen molar-refractivity contribution in [2.24, 2.45) is 0 Å². The van der Waals surface area contributed by atoms with E-state index >= 15 is 0 Å². The Morgan fingerprint density at radius 1 is 1.11 bits per heavy atom. The van der Waals surface area contributed by atoms with Gasteiger partial charge in [0, 0.05) is 44.5 Å². The maximum atomic E-state index is 12.4. The summed E-state index contributed by atoms with van der Waals surface area (Å²) in [7, 11) is 1.05.